The fourth-order valence-corrected chi connectivity index (χ4v) is 4.66. The molecule has 0 aliphatic carbocycles. The van der Waals surface area contributed by atoms with E-state index in [-0.39, 0.29) is 17.5 Å². The second-order valence-electron chi connectivity index (χ2n) is 9.16. The molecule has 6 heteroatoms. The number of carbonyl (C=O) groups is 2. The molecular formula is C26H32FN3O2. The van der Waals surface area contributed by atoms with Crippen LogP contribution < -0.4 is 9.80 Å². The van der Waals surface area contributed by atoms with Gasteiger partial charge in [0.2, 0.25) is 5.91 Å². The highest BCUT2D eigenvalue weighted by atomic mass is 19.1. The summed E-state index contributed by atoms with van der Waals surface area (Å²) in [4.78, 5) is 30.5. The highest BCUT2D eigenvalue weighted by Gasteiger charge is 2.26. The van der Waals surface area contributed by atoms with Crippen LogP contribution in [-0.4, -0.2) is 55.9 Å². The molecule has 0 saturated carbocycles. The van der Waals surface area contributed by atoms with Crippen molar-refractivity contribution in [1.82, 2.24) is 4.90 Å². The molecule has 0 radical (unpaired) electrons. The van der Waals surface area contributed by atoms with Crippen molar-refractivity contribution in [1.29, 1.82) is 0 Å². The summed E-state index contributed by atoms with van der Waals surface area (Å²) in [5.74, 6) is 0.0867. The van der Waals surface area contributed by atoms with Crippen molar-refractivity contribution in [2.45, 2.75) is 39.5 Å². The van der Waals surface area contributed by atoms with Gasteiger partial charge in [-0.15, -0.1) is 0 Å². The number of anilines is 2. The van der Waals surface area contributed by atoms with Crippen LogP contribution in [0.3, 0.4) is 0 Å². The zero-order valence-corrected chi connectivity index (χ0v) is 19.2. The minimum Gasteiger partial charge on any atom is -0.366 e. The molecule has 0 spiro atoms. The number of hydrogen-bond acceptors (Lipinski definition) is 4. The molecule has 2 aromatic rings. The maximum absolute atomic E-state index is 14.5. The lowest BCUT2D eigenvalue weighted by molar-refractivity contribution is -0.130. The van der Waals surface area contributed by atoms with Crippen molar-refractivity contribution in [2.24, 2.45) is 0 Å². The van der Waals surface area contributed by atoms with Gasteiger partial charge in [-0.1, -0.05) is 26.0 Å². The molecule has 0 atom stereocenters. The molecular weight excluding hydrogens is 405 g/mol. The van der Waals surface area contributed by atoms with E-state index in [1.54, 1.807) is 12.1 Å². The smallest absolute Gasteiger partial charge is 0.242 e. The van der Waals surface area contributed by atoms with E-state index in [0.29, 0.717) is 49.9 Å². The van der Waals surface area contributed by atoms with Crippen molar-refractivity contribution >= 4 is 23.1 Å². The molecule has 4 rings (SSSR count). The predicted molar refractivity (Wildman–Crippen MR) is 126 cm³/mol. The van der Waals surface area contributed by atoms with Crippen LogP contribution in [0.5, 0.6) is 0 Å². The van der Waals surface area contributed by atoms with Crippen LogP contribution in [0.4, 0.5) is 15.8 Å². The van der Waals surface area contributed by atoms with E-state index in [4.69, 9.17) is 0 Å². The Morgan fingerprint density at radius 1 is 0.969 bits per heavy atom. The van der Waals surface area contributed by atoms with Gasteiger partial charge in [0.05, 0.1) is 12.2 Å². The summed E-state index contributed by atoms with van der Waals surface area (Å²) in [6, 6.07) is 11.3. The molecule has 1 amide bonds. The molecule has 1 fully saturated rings. The molecule has 170 valence electrons. The second kappa shape index (κ2) is 9.31. The summed E-state index contributed by atoms with van der Waals surface area (Å²) in [5.41, 5.74) is 4.73. The molecule has 2 aliphatic rings. The Hall–Kier alpha value is -2.89. The zero-order chi connectivity index (χ0) is 22.8. The van der Waals surface area contributed by atoms with Gasteiger partial charge >= 0.3 is 0 Å². The van der Waals surface area contributed by atoms with Gasteiger partial charge < -0.3 is 14.7 Å². The Bertz CT molecular complexity index is 1010. The molecule has 2 aliphatic heterocycles. The van der Waals surface area contributed by atoms with Gasteiger partial charge in [-0.05, 0) is 61.1 Å². The number of halogens is 1. The van der Waals surface area contributed by atoms with E-state index in [0.717, 1.165) is 19.4 Å². The van der Waals surface area contributed by atoms with Crippen molar-refractivity contribution in [3.05, 3.63) is 58.9 Å². The van der Waals surface area contributed by atoms with Crippen molar-refractivity contribution in [2.75, 3.05) is 49.1 Å². The number of fused-ring (bicyclic) bond motifs is 1. The average molecular weight is 438 g/mol. The molecule has 0 N–H and O–H groups in total. The highest BCUT2D eigenvalue weighted by molar-refractivity contribution is 5.94. The third kappa shape index (κ3) is 4.64. The Kier molecular flexibility index (Phi) is 6.49. The van der Waals surface area contributed by atoms with Crippen molar-refractivity contribution < 1.29 is 14.0 Å². The lowest BCUT2D eigenvalue weighted by atomic mass is 9.95. The summed E-state index contributed by atoms with van der Waals surface area (Å²) in [6.07, 6.45) is 2.12. The zero-order valence-electron chi connectivity index (χ0n) is 19.2. The third-order valence-electron chi connectivity index (χ3n) is 6.64. The van der Waals surface area contributed by atoms with E-state index in [2.05, 4.69) is 36.9 Å². The molecule has 1 saturated heterocycles. The van der Waals surface area contributed by atoms with Crippen LogP contribution in [-0.2, 0) is 11.2 Å². The van der Waals surface area contributed by atoms with E-state index in [9.17, 15) is 14.0 Å². The van der Waals surface area contributed by atoms with Gasteiger partial charge in [0.25, 0.3) is 0 Å². The Balaban J connectivity index is 1.37. The quantitative estimate of drug-likeness (QED) is 0.656. The number of aryl methyl sites for hydroxylation is 1. The first-order valence-electron chi connectivity index (χ1n) is 11.5. The highest BCUT2D eigenvalue weighted by Crippen LogP contribution is 2.30. The summed E-state index contributed by atoms with van der Waals surface area (Å²) >= 11 is 0. The van der Waals surface area contributed by atoms with Crippen LogP contribution >= 0.6 is 0 Å². The average Bonchev–Trinajstić information content (AvgIpc) is 2.79. The Morgan fingerprint density at radius 3 is 2.34 bits per heavy atom. The van der Waals surface area contributed by atoms with Crippen LogP contribution in [0.1, 0.15) is 54.6 Å². The van der Waals surface area contributed by atoms with Crippen LogP contribution in [0.25, 0.3) is 0 Å². The molecule has 0 aromatic heterocycles. The van der Waals surface area contributed by atoms with Crippen molar-refractivity contribution in [3.8, 4) is 0 Å². The van der Waals surface area contributed by atoms with E-state index in [1.807, 2.05) is 9.80 Å². The van der Waals surface area contributed by atoms with Gasteiger partial charge in [0, 0.05) is 44.0 Å². The predicted octanol–water partition coefficient (Wildman–Crippen LogP) is 4.25. The summed E-state index contributed by atoms with van der Waals surface area (Å²) in [7, 11) is 0. The van der Waals surface area contributed by atoms with Crippen LogP contribution in [0, 0.1) is 5.82 Å². The second-order valence-corrected chi connectivity index (χ2v) is 9.16. The summed E-state index contributed by atoms with van der Waals surface area (Å²) < 4.78 is 14.5. The van der Waals surface area contributed by atoms with Gasteiger partial charge in [-0.3, -0.25) is 9.59 Å². The molecule has 32 heavy (non-hydrogen) atoms. The minimum atomic E-state index is -0.386. The van der Waals surface area contributed by atoms with Gasteiger partial charge in [-0.25, -0.2) is 4.39 Å². The number of piperazine rings is 1. The molecule has 0 unspecified atom stereocenters. The monoisotopic (exact) mass is 437 g/mol. The number of rotatable bonds is 5. The maximum atomic E-state index is 14.5. The lowest BCUT2D eigenvalue weighted by Gasteiger charge is -2.38. The molecule has 5 nitrogen and oxygen atoms in total. The Labute approximate surface area is 189 Å². The van der Waals surface area contributed by atoms with Gasteiger partial charge in [-0.2, -0.15) is 0 Å². The molecule has 0 bridgehead atoms. The first-order valence-corrected chi connectivity index (χ1v) is 11.5. The SMILES string of the molecule is CC(=O)c1ccc(N2CCN(C(=O)CN3CCCc4cc(C(C)C)ccc43)CC2)c(F)c1. The van der Waals surface area contributed by atoms with E-state index in [1.165, 1.54) is 29.8 Å². The van der Waals surface area contributed by atoms with Gasteiger partial charge in [0.1, 0.15) is 5.82 Å². The topological polar surface area (TPSA) is 43.9 Å². The van der Waals surface area contributed by atoms with Crippen molar-refractivity contribution in [3.63, 3.8) is 0 Å². The number of amides is 1. The fourth-order valence-electron chi connectivity index (χ4n) is 4.66. The van der Waals surface area contributed by atoms with E-state index < -0.39 is 0 Å². The number of nitrogens with zero attached hydrogens (tertiary/aromatic N) is 3. The number of hydrogen-bond donors (Lipinski definition) is 0. The maximum Gasteiger partial charge on any atom is 0.242 e. The van der Waals surface area contributed by atoms with Crippen LogP contribution in [0.2, 0.25) is 0 Å². The van der Waals surface area contributed by atoms with E-state index >= 15 is 0 Å². The lowest BCUT2D eigenvalue weighted by Crippen LogP contribution is -2.52. The fraction of sp³-hybridized carbons (Fsp3) is 0.462. The first-order chi connectivity index (χ1) is 15.3. The van der Waals surface area contributed by atoms with Crippen LogP contribution in [0.15, 0.2) is 36.4 Å². The summed E-state index contributed by atoms with van der Waals surface area (Å²) in [5, 5.41) is 0. The third-order valence-corrected chi connectivity index (χ3v) is 6.64. The summed E-state index contributed by atoms with van der Waals surface area (Å²) in [6.45, 7) is 9.42. The number of carbonyl (C=O) groups excluding carboxylic acids is 2. The number of benzene rings is 2. The number of ketones is 1. The minimum absolute atomic E-state index is 0.123. The Morgan fingerprint density at radius 2 is 1.69 bits per heavy atom. The molecule has 2 aromatic carbocycles. The molecule has 2 heterocycles. The first kappa shape index (κ1) is 22.3. The number of Topliss-reactive ketones (excluding diaryl/α,β-unsaturated/α-hetero) is 1. The largest absolute Gasteiger partial charge is 0.366 e. The standard InChI is InChI=1S/C26H32FN3O2/c1-18(2)20-6-8-24-22(15-20)5-4-10-30(24)17-26(32)29-13-11-28(12-14-29)25-9-7-21(19(3)31)16-23(25)27/h6-9,15-16,18H,4-5,10-14,17H2,1-3H3. The normalized spacial score (nSPS) is 16.3. The van der Waals surface area contributed by atoms with Gasteiger partial charge in [0.15, 0.2) is 5.78 Å².